The third-order valence-corrected chi connectivity index (χ3v) is 4.62. The Kier molecular flexibility index (Phi) is 8.68. The molecule has 1 aromatic carbocycles. The van der Waals surface area contributed by atoms with Crippen LogP contribution >= 0.6 is 0 Å². The van der Waals surface area contributed by atoms with Crippen molar-refractivity contribution in [1.29, 1.82) is 0 Å². The summed E-state index contributed by atoms with van der Waals surface area (Å²) in [6, 6.07) is 6.07. The molecule has 29 heavy (non-hydrogen) atoms. The van der Waals surface area contributed by atoms with Gasteiger partial charge in [-0.15, -0.1) is 5.10 Å². The lowest BCUT2D eigenvalue weighted by Crippen LogP contribution is -2.37. The van der Waals surface area contributed by atoms with E-state index in [0.29, 0.717) is 30.8 Å². The van der Waals surface area contributed by atoms with Crippen LogP contribution in [0.1, 0.15) is 50.0 Å². The van der Waals surface area contributed by atoms with E-state index in [1.54, 1.807) is 30.5 Å². The molecular formula is C19H31N7O3. The van der Waals surface area contributed by atoms with Crippen molar-refractivity contribution in [3.8, 4) is 0 Å². The van der Waals surface area contributed by atoms with Crippen LogP contribution in [0.25, 0.3) is 0 Å². The van der Waals surface area contributed by atoms with Crippen molar-refractivity contribution in [3.05, 3.63) is 41.7 Å². The molecule has 160 valence electrons. The zero-order valence-corrected chi connectivity index (χ0v) is 16.8. The van der Waals surface area contributed by atoms with Crippen molar-refractivity contribution < 1.29 is 15.0 Å². The lowest BCUT2D eigenvalue weighted by molar-refractivity contribution is -0.119. The molecular weight excluding hydrogens is 374 g/mol. The number of amides is 1. The van der Waals surface area contributed by atoms with Gasteiger partial charge in [-0.05, 0) is 43.0 Å². The summed E-state index contributed by atoms with van der Waals surface area (Å²) in [6.07, 6.45) is 1.64. The minimum absolute atomic E-state index is 0.0608. The largest absolute Gasteiger partial charge is 0.392 e. The molecule has 1 aromatic heterocycles. The van der Waals surface area contributed by atoms with E-state index in [0.717, 1.165) is 5.56 Å². The highest BCUT2D eigenvalue weighted by atomic mass is 16.3. The minimum atomic E-state index is -1.10. The van der Waals surface area contributed by atoms with E-state index in [1.807, 2.05) is 13.8 Å². The van der Waals surface area contributed by atoms with Crippen LogP contribution in [-0.4, -0.2) is 44.0 Å². The van der Waals surface area contributed by atoms with Crippen LogP contribution < -0.4 is 22.1 Å². The Morgan fingerprint density at radius 3 is 2.52 bits per heavy atom. The van der Waals surface area contributed by atoms with E-state index in [9.17, 15) is 4.79 Å². The molecule has 8 N–H and O–H groups in total. The summed E-state index contributed by atoms with van der Waals surface area (Å²) in [4.78, 5) is 12.9. The summed E-state index contributed by atoms with van der Waals surface area (Å²) >= 11 is 0. The van der Waals surface area contributed by atoms with Gasteiger partial charge in [0.05, 0.1) is 24.5 Å². The molecule has 0 bridgehead atoms. The predicted octanol–water partition coefficient (Wildman–Crippen LogP) is 0.210. The van der Waals surface area contributed by atoms with Gasteiger partial charge in [0.25, 0.3) is 0 Å². The lowest BCUT2D eigenvalue weighted by Gasteiger charge is -2.18. The van der Waals surface area contributed by atoms with Crippen molar-refractivity contribution in [1.82, 2.24) is 20.3 Å². The maximum Gasteiger partial charge on any atom is 0.249 e. The van der Waals surface area contributed by atoms with Crippen LogP contribution in [0, 0.1) is 5.92 Å². The first-order valence-corrected chi connectivity index (χ1v) is 9.66. The third kappa shape index (κ3) is 6.87. The number of carbonyl (C=O) groups is 1. The number of nitrogens with one attached hydrogen (secondary N) is 2. The number of aliphatic hydroxyl groups excluding tert-OH is 2. The van der Waals surface area contributed by atoms with Crippen molar-refractivity contribution in [2.75, 3.05) is 11.9 Å². The first-order valence-electron chi connectivity index (χ1n) is 9.66. The third-order valence-electron chi connectivity index (χ3n) is 4.62. The quantitative estimate of drug-likeness (QED) is 0.228. The molecule has 0 aliphatic carbocycles. The van der Waals surface area contributed by atoms with Gasteiger partial charge >= 0.3 is 0 Å². The highest BCUT2D eigenvalue weighted by Gasteiger charge is 2.24. The molecule has 1 unspecified atom stereocenters. The second-order valence-corrected chi connectivity index (χ2v) is 7.29. The molecule has 0 fully saturated rings. The fraction of sp³-hybridized carbons (Fsp3) is 0.526. The average Bonchev–Trinajstić information content (AvgIpc) is 3.17. The Labute approximate surface area is 170 Å². The van der Waals surface area contributed by atoms with Gasteiger partial charge in [-0.25, -0.2) is 4.68 Å². The van der Waals surface area contributed by atoms with E-state index >= 15 is 0 Å². The van der Waals surface area contributed by atoms with E-state index in [1.165, 1.54) is 4.68 Å². The molecule has 0 aliphatic rings. The summed E-state index contributed by atoms with van der Waals surface area (Å²) in [5.74, 6) is -0.0580. The molecule has 0 spiro atoms. The Balaban J connectivity index is 2.13. The Morgan fingerprint density at radius 1 is 1.24 bits per heavy atom. The van der Waals surface area contributed by atoms with E-state index in [2.05, 4.69) is 20.9 Å². The molecule has 2 aromatic rings. The van der Waals surface area contributed by atoms with Gasteiger partial charge in [0, 0.05) is 5.69 Å². The van der Waals surface area contributed by atoms with E-state index in [-0.39, 0.29) is 24.5 Å². The van der Waals surface area contributed by atoms with Gasteiger partial charge in [-0.1, -0.05) is 31.2 Å². The molecule has 0 aliphatic heterocycles. The Morgan fingerprint density at radius 2 is 1.93 bits per heavy atom. The first kappa shape index (κ1) is 22.9. The molecule has 10 heteroatoms. The van der Waals surface area contributed by atoms with Gasteiger partial charge in [0.2, 0.25) is 5.91 Å². The predicted molar refractivity (Wildman–Crippen MR) is 109 cm³/mol. The number of benzene rings is 1. The number of hydrogen-bond acceptors (Lipinski definition) is 8. The Hall–Kier alpha value is -2.37. The highest BCUT2D eigenvalue weighted by Crippen LogP contribution is 2.21. The van der Waals surface area contributed by atoms with Crippen LogP contribution in [0.15, 0.2) is 30.5 Å². The molecule has 0 saturated carbocycles. The van der Waals surface area contributed by atoms with Gasteiger partial charge in [0.1, 0.15) is 6.04 Å². The van der Waals surface area contributed by atoms with Crippen molar-refractivity contribution in [2.24, 2.45) is 17.4 Å². The monoisotopic (exact) mass is 405 g/mol. The summed E-state index contributed by atoms with van der Waals surface area (Å²) in [5.41, 5.74) is 13.4. The number of anilines is 1. The van der Waals surface area contributed by atoms with Gasteiger partial charge in [0.15, 0.2) is 6.35 Å². The molecule has 0 saturated heterocycles. The summed E-state index contributed by atoms with van der Waals surface area (Å²) in [5, 5.41) is 32.1. The fourth-order valence-electron chi connectivity index (χ4n) is 2.78. The molecule has 1 heterocycles. The number of aliphatic hydroxyl groups is 2. The average molecular weight is 406 g/mol. The maximum absolute atomic E-state index is 12.9. The molecule has 2 rings (SSSR count). The van der Waals surface area contributed by atoms with Gasteiger partial charge in [-0.2, -0.15) is 0 Å². The number of nitrogens with zero attached hydrogens (tertiary/aromatic N) is 3. The smallest absolute Gasteiger partial charge is 0.249 e. The first-order chi connectivity index (χ1) is 13.8. The SMILES string of the molecule is CC(C)[C@H](N)c1cn([C@@H](CCCNC(N)O)C(=O)Nc2ccc(CO)cc2)nn1. The van der Waals surface area contributed by atoms with Crippen LogP contribution in [-0.2, 0) is 11.4 Å². The number of nitrogens with two attached hydrogens (primary N) is 2. The number of carbonyl (C=O) groups excluding carboxylic acids is 1. The van der Waals surface area contributed by atoms with Crippen LogP contribution in [0.4, 0.5) is 5.69 Å². The standard InChI is InChI=1S/C19H31N7O3/c1-12(2)17(20)15-10-26(25-24-15)16(4-3-9-22-19(21)29)18(28)23-14-7-5-13(11-27)6-8-14/h5-8,10,12,16-17,19,22,27,29H,3-4,9,11,20-21H2,1-2H3,(H,23,28)/t16-,17-,19?/m0/s1. The van der Waals surface area contributed by atoms with Crippen molar-refractivity contribution in [3.63, 3.8) is 0 Å². The van der Waals surface area contributed by atoms with Crippen molar-refractivity contribution >= 4 is 11.6 Å². The Bertz CT molecular complexity index is 761. The summed E-state index contributed by atoms with van der Waals surface area (Å²) in [7, 11) is 0. The van der Waals surface area contributed by atoms with Crippen molar-refractivity contribution in [2.45, 2.75) is 51.7 Å². The lowest BCUT2D eigenvalue weighted by atomic mass is 10.0. The zero-order chi connectivity index (χ0) is 21.4. The number of aromatic nitrogens is 3. The minimum Gasteiger partial charge on any atom is -0.392 e. The highest BCUT2D eigenvalue weighted by molar-refractivity contribution is 5.93. The van der Waals surface area contributed by atoms with Gasteiger partial charge < -0.3 is 21.3 Å². The van der Waals surface area contributed by atoms with Crippen LogP contribution in [0.3, 0.4) is 0 Å². The maximum atomic E-state index is 12.9. The summed E-state index contributed by atoms with van der Waals surface area (Å²) in [6.45, 7) is 4.37. The fourth-order valence-corrected chi connectivity index (χ4v) is 2.78. The zero-order valence-electron chi connectivity index (χ0n) is 16.8. The molecule has 10 nitrogen and oxygen atoms in total. The van der Waals surface area contributed by atoms with E-state index in [4.69, 9.17) is 21.7 Å². The summed E-state index contributed by atoms with van der Waals surface area (Å²) < 4.78 is 1.52. The molecule has 1 amide bonds. The second kappa shape index (κ2) is 11.0. The van der Waals surface area contributed by atoms with Gasteiger partial charge in [-0.3, -0.25) is 15.8 Å². The topological polar surface area (TPSA) is 164 Å². The second-order valence-electron chi connectivity index (χ2n) is 7.29. The van der Waals surface area contributed by atoms with Crippen LogP contribution in [0.2, 0.25) is 0 Å². The van der Waals surface area contributed by atoms with Crippen LogP contribution in [0.5, 0.6) is 0 Å². The molecule has 0 radical (unpaired) electrons. The number of hydrogen-bond donors (Lipinski definition) is 6. The normalized spacial score (nSPS) is 14.6. The van der Waals surface area contributed by atoms with E-state index < -0.39 is 12.4 Å². The number of rotatable bonds is 11. The molecule has 3 atom stereocenters.